The third-order valence-electron chi connectivity index (χ3n) is 3.93. The van der Waals surface area contributed by atoms with Crippen molar-refractivity contribution in [1.29, 1.82) is 0 Å². The summed E-state index contributed by atoms with van der Waals surface area (Å²) in [5.74, 6) is 0.728. The average Bonchev–Trinajstić information content (AvgIpc) is 2.99. The van der Waals surface area contributed by atoms with Crippen LogP contribution in [0.2, 0.25) is 0 Å². The number of hydrogen-bond donors (Lipinski definition) is 1. The first kappa shape index (κ1) is 23.0. The van der Waals surface area contributed by atoms with Gasteiger partial charge < -0.3 is 15.0 Å². The number of hydrogen-bond acceptors (Lipinski definition) is 3. The number of nitrogens with zero attached hydrogens (tertiary/aromatic N) is 4. The number of rotatable bonds is 6. The van der Waals surface area contributed by atoms with Gasteiger partial charge in [-0.1, -0.05) is 0 Å². The molecule has 26 heavy (non-hydrogen) atoms. The van der Waals surface area contributed by atoms with Crippen LogP contribution in [0.15, 0.2) is 17.4 Å². The van der Waals surface area contributed by atoms with Gasteiger partial charge in [-0.25, -0.2) is 0 Å². The van der Waals surface area contributed by atoms with Crippen LogP contribution in [-0.4, -0.2) is 59.6 Å². The zero-order valence-electron chi connectivity index (χ0n) is 15.1. The molecule has 1 atom stereocenters. The fraction of sp³-hybridized carbons (Fsp3) is 0.750. The standard InChI is InChI=1S/C16H26F3N5O.HI/c1-3-20-15(21-7-5-4-6-16(17,18)19)24-8-9-25-14(12-24)13-10-22-23(2)11-13;/h10-11,14H,3-9,12H2,1-2H3,(H,20,21);1H. The largest absolute Gasteiger partial charge is 0.389 e. The van der Waals surface area contributed by atoms with Crippen molar-refractivity contribution in [3.63, 3.8) is 0 Å². The minimum atomic E-state index is -4.09. The molecule has 1 aromatic heterocycles. The molecule has 1 N–H and O–H groups in total. The van der Waals surface area contributed by atoms with E-state index in [1.54, 1.807) is 10.9 Å². The van der Waals surface area contributed by atoms with Crippen LogP contribution >= 0.6 is 24.0 Å². The molecule has 0 bridgehead atoms. The van der Waals surface area contributed by atoms with E-state index in [2.05, 4.69) is 20.3 Å². The van der Waals surface area contributed by atoms with Gasteiger partial charge in [0.25, 0.3) is 0 Å². The highest BCUT2D eigenvalue weighted by Gasteiger charge is 2.26. The summed E-state index contributed by atoms with van der Waals surface area (Å²) in [4.78, 5) is 6.57. The number of unbranched alkanes of at least 4 members (excludes halogenated alkanes) is 1. The molecule has 10 heteroatoms. The summed E-state index contributed by atoms with van der Waals surface area (Å²) in [6, 6.07) is 0. The molecule has 0 spiro atoms. The lowest BCUT2D eigenvalue weighted by atomic mass is 10.1. The molecule has 1 aliphatic heterocycles. The van der Waals surface area contributed by atoms with Crippen molar-refractivity contribution in [2.75, 3.05) is 32.8 Å². The molecular formula is C16H27F3IN5O. The van der Waals surface area contributed by atoms with Crippen molar-refractivity contribution in [3.8, 4) is 0 Å². The van der Waals surface area contributed by atoms with E-state index in [1.807, 2.05) is 20.2 Å². The second-order valence-corrected chi connectivity index (χ2v) is 6.06. The monoisotopic (exact) mass is 489 g/mol. The molecule has 0 aromatic carbocycles. The second kappa shape index (κ2) is 11.0. The van der Waals surface area contributed by atoms with E-state index in [0.717, 1.165) is 11.5 Å². The maximum Gasteiger partial charge on any atom is 0.389 e. The Morgan fingerprint density at radius 3 is 2.81 bits per heavy atom. The summed E-state index contributed by atoms with van der Waals surface area (Å²) < 4.78 is 44.1. The van der Waals surface area contributed by atoms with E-state index in [-0.39, 0.29) is 36.5 Å². The number of alkyl halides is 3. The summed E-state index contributed by atoms with van der Waals surface area (Å²) >= 11 is 0. The Kier molecular flexibility index (Phi) is 9.69. The van der Waals surface area contributed by atoms with Gasteiger partial charge in [0, 0.05) is 44.9 Å². The van der Waals surface area contributed by atoms with Gasteiger partial charge in [0.15, 0.2) is 5.96 Å². The Morgan fingerprint density at radius 2 is 2.19 bits per heavy atom. The van der Waals surface area contributed by atoms with Crippen LogP contribution in [0.25, 0.3) is 0 Å². The maximum atomic E-state index is 12.2. The Balaban J connectivity index is 0.00000338. The second-order valence-electron chi connectivity index (χ2n) is 6.06. The van der Waals surface area contributed by atoms with E-state index in [1.165, 1.54) is 0 Å². The quantitative estimate of drug-likeness (QED) is 0.289. The lowest BCUT2D eigenvalue weighted by Gasteiger charge is -2.34. The van der Waals surface area contributed by atoms with Crippen LogP contribution in [-0.2, 0) is 11.8 Å². The minimum Gasteiger partial charge on any atom is -0.370 e. The molecule has 6 nitrogen and oxygen atoms in total. The topological polar surface area (TPSA) is 54.7 Å². The number of morpholine rings is 1. The molecule has 0 aliphatic carbocycles. The molecule has 0 radical (unpaired) electrons. The summed E-state index contributed by atoms with van der Waals surface area (Å²) in [6.07, 6.45) is -0.685. The summed E-state index contributed by atoms with van der Waals surface area (Å²) in [7, 11) is 1.86. The number of nitrogens with one attached hydrogen (secondary N) is 1. The predicted octanol–water partition coefficient (Wildman–Crippen LogP) is 3.11. The average molecular weight is 489 g/mol. The highest BCUT2D eigenvalue weighted by Crippen LogP contribution is 2.23. The summed E-state index contributed by atoms with van der Waals surface area (Å²) in [6.45, 7) is 4.96. The number of ether oxygens (including phenoxy) is 1. The number of aliphatic imine (C=N–C) groups is 1. The van der Waals surface area contributed by atoms with Crippen molar-refractivity contribution in [2.45, 2.75) is 38.5 Å². The van der Waals surface area contributed by atoms with Crippen molar-refractivity contribution < 1.29 is 17.9 Å². The first-order chi connectivity index (χ1) is 11.9. The minimum absolute atomic E-state index is 0. The predicted molar refractivity (Wildman–Crippen MR) is 105 cm³/mol. The Labute approximate surface area is 169 Å². The fourth-order valence-electron chi connectivity index (χ4n) is 2.70. The van der Waals surface area contributed by atoms with Gasteiger partial charge >= 0.3 is 6.18 Å². The van der Waals surface area contributed by atoms with E-state index >= 15 is 0 Å². The molecular weight excluding hydrogens is 462 g/mol. The maximum absolute atomic E-state index is 12.2. The van der Waals surface area contributed by atoms with E-state index < -0.39 is 12.6 Å². The first-order valence-corrected chi connectivity index (χ1v) is 8.59. The summed E-state index contributed by atoms with van der Waals surface area (Å²) in [5, 5.41) is 7.38. The van der Waals surface area contributed by atoms with Gasteiger partial charge in [-0.2, -0.15) is 18.3 Å². The highest BCUT2D eigenvalue weighted by atomic mass is 127. The molecule has 1 fully saturated rings. The molecule has 2 rings (SSSR count). The molecule has 1 aromatic rings. The number of aromatic nitrogens is 2. The van der Waals surface area contributed by atoms with Gasteiger partial charge in [-0.05, 0) is 19.8 Å². The smallest absolute Gasteiger partial charge is 0.370 e. The normalized spacial score (nSPS) is 18.6. The molecule has 150 valence electrons. The zero-order valence-corrected chi connectivity index (χ0v) is 17.5. The van der Waals surface area contributed by atoms with Crippen LogP contribution in [0.5, 0.6) is 0 Å². The van der Waals surface area contributed by atoms with Gasteiger partial charge in [0.1, 0.15) is 6.10 Å². The van der Waals surface area contributed by atoms with Gasteiger partial charge in [0.05, 0.1) is 19.3 Å². The molecule has 1 aliphatic rings. The Bertz CT molecular complexity index is 564. The third-order valence-corrected chi connectivity index (χ3v) is 3.93. The van der Waals surface area contributed by atoms with Crippen LogP contribution in [0, 0.1) is 0 Å². The van der Waals surface area contributed by atoms with Crippen LogP contribution in [0.1, 0.15) is 37.9 Å². The molecule has 0 amide bonds. The van der Waals surface area contributed by atoms with Crippen LogP contribution in [0.4, 0.5) is 13.2 Å². The lowest BCUT2D eigenvalue weighted by Crippen LogP contribution is -2.48. The van der Waals surface area contributed by atoms with E-state index in [0.29, 0.717) is 39.2 Å². The molecule has 1 saturated heterocycles. The molecule has 2 heterocycles. The van der Waals surface area contributed by atoms with Crippen molar-refractivity contribution in [2.24, 2.45) is 12.0 Å². The zero-order chi connectivity index (χ0) is 18.3. The van der Waals surface area contributed by atoms with Gasteiger partial charge in [-0.3, -0.25) is 9.67 Å². The number of halogens is 4. The van der Waals surface area contributed by atoms with Crippen molar-refractivity contribution in [1.82, 2.24) is 20.0 Å². The Hall–Kier alpha value is -1.04. The van der Waals surface area contributed by atoms with Gasteiger partial charge in [-0.15, -0.1) is 24.0 Å². The first-order valence-electron chi connectivity index (χ1n) is 8.59. The van der Waals surface area contributed by atoms with Crippen LogP contribution in [0.3, 0.4) is 0 Å². The Morgan fingerprint density at radius 1 is 1.42 bits per heavy atom. The summed E-state index contributed by atoms with van der Waals surface area (Å²) in [5.41, 5.74) is 1.01. The molecule has 1 unspecified atom stereocenters. The number of aryl methyl sites for hydroxylation is 1. The SMILES string of the molecule is CCNC(=NCCCCC(F)(F)F)N1CCOC(c2cnn(C)c2)C1.I. The van der Waals surface area contributed by atoms with E-state index in [4.69, 9.17) is 4.74 Å². The van der Waals surface area contributed by atoms with Crippen molar-refractivity contribution >= 4 is 29.9 Å². The fourth-order valence-corrected chi connectivity index (χ4v) is 2.70. The third kappa shape index (κ3) is 7.68. The lowest BCUT2D eigenvalue weighted by molar-refractivity contribution is -0.135. The molecule has 0 saturated carbocycles. The van der Waals surface area contributed by atoms with Crippen molar-refractivity contribution in [3.05, 3.63) is 18.0 Å². The van der Waals surface area contributed by atoms with Crippen LogP contribution < -0.4 is 5.32 Å². The highest BCUT2D eigenvalue weighted by molar-refractivity contribution is 14.0. The van der Waals surface area contributed by atoms with Gasteiger partial charge in [0.2, 0.25) is 0 Å². The number of guanidine groups is 1. The van der Waals surface area contributed by atoms with E-state index in [9.17, 15) is 13.2 Å².